The van der Waals surface area contributed by atoms with Gasteiger partial charge >= 0.3 is 17.9 Å². The van der Waals surface area contributed by atoms with Gasteiger partial charge in [-0.25, -0.2) is 0 Å². The second kappa shape index (κ2) is 70.0. The lowest BCUT2D eigenvalue weighted by atomic mass is 10.0. The molecule has 83 heavy (non-hydrogen) atoms. The van der Waals surface area contributed by atoms with Crippen molar-refractivity contribution in [3.05, 3.63) is 134 Å². The van der Waals surface area contributed by atoms with Crippen LogP contribution in [0, 0.1) is 0 Å². The van der Waals surface area contributed by atoms with Gasteiger partial charge in [-0.05, 0) is 128 Å². The number of ether oxygens (including phenoxy) is 3. The summed E-state index contributed by atoms with van der Waals surface area (Å²) in [6, 6.07) is 0. The fraction of sp³-hybridized carbons (Fsp3) is 0.675. The molecule has 0 aromatic carbocycles. The number of carbonyl (C=O) groups excluding carboxylic acids is 3. The molecular formula is C77H128O6. The molecular weight excluding hydrogens is 1020 g/mol. The van der Waals surface area contributed by atoms with E-state index >= 15 is 0 Å². The van der Waals surface area contributed by atoms with Crippen LogP contribution in [0.3, 0.4) is 0 Å². The van der Waals surface area contributed by atoms with Crippen molar-refractivity contribution in [3.63, 3.8) is 0 Å². The Labute approximate surface area is 513 Å². The number of unbranched alkanes of at least 4 members (excludes halogenated alkanes) is 29. The third-order valence-corrected chi connectivity index (χ3v) is 14.6. The van der Waals surface area contributed by atoms with Gasteiger partial charge in [0.05, 0.1) is 0 Å². The average Bonchev–Trinajstić information content (AvgIpc) is 3.49. The number of allylic oxidation sites excluding steroid dienone is 22. The van der Waals surface area contributed by atoms with E-state index in [2.05, 4.69) is 154 Å². The first kappa shape index (κ1) is 78.5. The van der Waals surface area contributed by atoms with E-state index in [1.165, 1.54) is 116 Å². The maximum atomic E-state index is 12.9. The Morgan fingerprint density at radius 3 is 0.675 bits per heavy atom. The highest BCUT2D eigenvalue weighted by Crippen LogP contribution is 2.17. The average molecular weight is 1150 g/mol. The highest BCUT2D eigenvalue weighted by molar-refractivity contribution is 5.71. The fourth-order valence-electron chi connectivity index (χ4n) is 9.56. The standard InChI is InChI=1S/C77H128O6/c1-4-7-10-13-16-19-22-25-28-30-31-32-33-34-35-36-37-38-39-40-41-42-43-44-45-47-49-52-55-58-61-64-67-70-76(79)82-73-74(72-81-75(78)69-66-63-60-57-54-51-48-27-24-21-18-15-12-9-6-3)83-77(80)71-68-65-62-59-56-53-50-46-29-26-23-20-17-14-11-8-5-2/h7-12,16-21,25-29,31-32,48,50,53,74H,4-6,13-15,22-24,30,33-47,49,51-52,54-73H2,1-3H3/b10-7-,11-8-,12-9-,19-16-,20-17-,21-18-,28-25-,29-26-,32-31-,48-27-,53-50-. The molecule has 0 aromatic heterocycles. The highest BCUT2D eigenvalue weighted by Gasteiger charge is 2.19. The topological polar surface area (TPSA) is 78.9 Å². The molecule has 0 aliphatic heterocycles. The number of hydrogen-bond acceptors (Lipinski definition) is 6. The van der Waals surface area contributed by atoms with E-state index in [0.717, 1.165) is 161 Å². The van der Waals surface area contributed by atoms with Crippen LogP contribution in [-0.2, 0) is 28.6 Å². The molecule has 1 unspecified atom stereocenters. The third kappa shape index (κ3) is 68.2. The summed E-state index contributed by atoms with van der Waals surface area (Å²) < 4.78 is 16.9. The van der Waals surface area contributed by atoms with E-state index in [4.69, 9.17) is 14.2 Å². The maximum absolute atomic E-state index is 12.9. The van der Waals surface area contributed by atoms with E-state index in [9.17, 15) is 14.4 Å². The zero-order chi connectivity index (χ0) is 59.9. The smallest absolute Gasteiger partial charge is 0.306 e. The van der Waals surface area contributed by atoms with E-state index < -0.39 is 6.10 Å². The van der Waals surface area contributed by atoms with E-state index in [1.807, 2.05) is 0 Å². The Kier molecular flexibility index (Phi) is 66.3. The van der Waals surface area contributed by atoms with Crippen LogP contribution in [0.2, 0.25) is 0 Å². The quantitative estimate of drug-likeness (QED) is 0.0261. The fourth-order valence-corrected chi connectivity index (χ4v) is 9.56. The Morgan fingerprint density at radius 2 is 0.434 bits per heavy atom. The number of carbonyl (C=O) groups is 3. The van der Waals surface area contributed by atoms with Crippen LogP contribution in [0.1, 0.15) is 316 Å². The molecule has 0 radical (unpaired) electrons. The van der Waals surface area contributed by atoms with Crippen molar-refractivity contribution >= 4 is 17.9 Å². The molecule has 0 heterocycles. The lowest BCUT2D eigenvalue weighted by Gasteiger charge is -2.18. The Balaban J connectivity index is 4.23. The first-order valence-corrected chi connectivity index (χ1v) is 34.7. The Morgan fingerprint density at radius 1 is 0.241 bits per heavy atom. The summed E-state index contributed by atoms with van der Waals surface area (Å²) in [6.07, 6.45) is 99.2. The minimum absolute atomic E-state index is 0.0942. The molecule has 0 fully saturated rings. The van der Waals surface area contributed by atoms with Gasteiger partial charge < -0.3 is 14.2 Å². The van der Waals surface area contributed by atoms with Gasteiger partial charge in [0.1, 0.15) is 13.2 Å². The van der Waals surface area contributed by atoms with Crippen molar-refractivity contribution in [3.8, 4) is 0 Å². The van der Waals surface area contributed by atoms with Gasteiger partial charge in [0.2, 0.25) is 0 Å². The summed E-state index contributed by atoms with van der Waals surface area (Å²) in [5, 5.41) is 0. The van der Waals surface area contributed by atoms with Crippen molar-refractivity contribution in [2.45, 2.75) is 322 Å². The van der Waals surface area contributed by atoms with Crippen LogP contribution in [0.15, 0.2) is 134 Å². The van der Waals surface area contributed by atoms with E-state index in [1.54, 1.807) is 0 Å². The molecule has 0 saturated carbocycles. The van der Waals surface area contributed by atoms with Crippen LogP contribution >= 0.6 is 0 Å². The molecule has 0 N–H and O–H groups in total. The molecule has 0 saturated heterocycles. The van der Waals surface area contributed by atoms with Crippen molar-refractivity contribution in [1.29, 1.82) is 0 Å². The first-order valence-electron chi connectivity index (χ1n) is 34.7. The molecule has 1 atom stereocenters. The van der Waals surface area contributed by atoms with Gasteiger partial charge in [-0.1, -0.05) is 302 Å². The predicted octanol–water partition coefficient (Wildman–Crippen LogP) is 24.1. The van der Waals surface area contributed by atoms with Gasteiger partial charge in [-0.2, -0.15) is 0 Å². The van der Waals surface area contributed by atoms with E-state index in [0.29, 0.717) is 19.3 Å². The molecule has 6 heteroatoms. The number of rotatable bonds is 62. The van der Waals surface area contributed by atoms with Gasteiger partial charge in [0, 0.05) is 19.3 Å². The van der Waals surface area contributed by atoms with Crippen molar-refractivity contribution in [2.75, 3.05) is 13.2 Å². The Hall–Kier alpha value is -4.45. The molecule has 0 aromatic rings. The second-order valence-electron chi connectivity index (χ2n) is 22.6. The largest absolute Gasteiger partial charge is 0.462 e. The van der Waals surface area contributed by atoms with Crippen molar-refractivity contribution < 1.29 is 28.6 Å². The number of hydrogen-bond donors (Lipinski definition) is 0. The number of esters is 3. The zero-order valence-corrected chi connectivity index (χ0v) is 54.2. The minimum atomic E-state index is -0.802. The molecule has 0 aliphatic rings. The summed E-state index contributed by atoms with van der Waals surface area (Å²) in [6.45, 7) is 6.29. The van der Waals surface area contributed by atoms with E-state index in [-0.39, 0.29) is 31.1 Å². The van der Waals surface area contributed by atoms with Gasteiger partial charge in [0.25, 0.3) is 0 Å². The molecule has 0 bridgehead atoms. The summed E-state index contributed by atoms with van der Waals surface area (Å²) in [5.74, 6) is -0.927. The summed E-state index contributed by atoms with van der Waals surface area (Å²) in [4.78, 5) is 38.4. The normalized spacial score (nSPS) is 13.0. The van der Waals surface area contributed by atoms with Gasteiger partial charge in [-0.3, -0.25) is 14.4 Å². The van der Waals surface area contributed by atoms with Crippen LogP contribution in [0.25, 0.3) is 0 Å². The third-order valence-electron chi connectivity index (χ3n) is 14.6. The first-order chi connectivity index (χ1) is 41.0. The lowest BCUT2D eigenvalue weighted by Crippen LogP contribution is -2.30. The SMILES string of the molecule is CC/C=C\C/C=C\C/C=C\C/C=C\CCCCCCCCCCCCCCCCCCCCCCC(=O)OCC(COC(=O)CCCCCCC/C=C\C/C=C\C/C=C\CC)OC(=O)CCCCCC/C=C\C/C=C\C/C=C\C/C=C\CC. The van der Waals surface area contributed by atoms with Crippen molar-refractivity contribution in [1.82, 2.24) is 0 Å². The molecule has 0 spiro atoms. The highest BCUT2D eigenvalue weighted by atomic mass is 16.6. The second-order valence-corrected chi connectivity index (χ2v) is 22.6. The van der Waals surface area contributed by atoms with Crippen LogP contribution < -0.4 is 0 Å². The minimum Gasteiger partial charge on any atom is -0.462 e. The van der Waals surface area contributed by atoms with Crippen molar-refractivity contribution in [2.24, 2.45) is 0 Å². The van der Waals surface area contributed by atoms with Gasteiger partial charge in [0.15, 0.2) is 6.10 Å². The summed E-state index contributed by atoms with van der Waals surface area (Å²) in [5.41, 5.74) is 0. The van der Waals surface area contributed by atoms with Crippen LogP contribution in [-0.4, -0.2) is 37.2 Å². The molecule has 0 amide bonds. The zero-order valence-electron chi connectivity index (χ0n) is 54.2. The van der Waals surface area contributed by atoms with Crippen LogP contribution in [0.4, 0.5) is 0 Å². The lowest BCUT2D eigenvalue weighted by molar-refractivity contribution is -0.167. The maximum Gasteiger partial charge on any atom is 0.306 e. The summed E-state index contributed by atoms with van der Waals surface area (Å²) in [7, 11) is 0. The molecule has 0 rings (SSSR count). The summed E-state index contributed by atoms with van der Waals surface area (Å²) >= 11 is 0. The van der Waals surface area contributed by atoms with Gasteiger partial charge in [-0.15, -0.1) is 0 Å². The predicted molar refractivity (Wildman–Crippen MR) is 362 cm³/mol. The molecule has 6 nitrogen and oxygen atoms in total. The van der Waals surface area contributed by atoms with Crippen LogP contribution in [0.5, 0.6) is 0 Å². The monoisotopic (exact) mass is 1150 g/mol. The Bertz CT molecular complexity index is 1750. The molecule has 472 valence electrons. The molecule has 0 aliphatic carbocycles.